The summed E-state index contributed by atoms with van der Waals surface area (Å²) < 4.78 is 0. The van der Waals surface area contributed by atoms with Gasteiger partial charge in [0.1, 0.15) is 0 Å². The van der Waals surface area contributed by atoms with Gasteiger partial charge in [0.15, 0.2) is 5.71 Å². The minimum absolute atomic E-state index is 0.133. The molecule has 0 aliphatic heterocycles. The average Bonchev–Trinajstić information content (AvgIpc) is 2.26. The lowest BCUT2D eigenvalue weighted by Gasteiger charge is -2.01. The molecule has 0 fully saturated rings. The molecule has 0 saturated carbocycles. The van der Waals surface area contributed by atoms with Crippen LogP contribution in [0.25, 0.3) is 0 Å². The molecule has 0 bridgehead atoms. The second-order valence-corrected chi connectivity index (χ2v) is 4.08. The highest BCUT2D eigenvalue weighted by Crippen LogP contribution is 2.09. The highest BCUT2D eigenvalue weighted by molar-refractivity contribution is 6.35. The van der Waals surface area contributed by atoms with E-state index in [0.29, 0.717) is 6.42 Å². The van der Waals surface area contributed by atoms with Gasteiger partial charge in [0.25, 0.3) is 0 Å². The van der Waals surface area contributed by atoms with E-state index in [-0.39, 0.29) is 5.71 Å². The van der Waals surface area contributed by atoms with E-state index in [2.05, 4.69) is 12.1 Å². The third-order valence-corrected chi connectivity index (χ3v) is 2.63. The van der Waals surface area contributed by atoms with E-state index >= 15 is 0 Å². The normalized spacial score (nSPS) is 11.7. The molecule has 0 radical (unpaired) electrons. The summed E-state index contributed by atoms with van der Waals surface area (Å²) in [5.74, 6) is -1.12. The lowest BCUT2D eigenvalue weighted by atomic mass is 10.1. The van der Waals surface area contributed by atoms with Crippen LogP contribution in [0.2, 0.25) is 0 Å². The van der Waals surface area contributed by atoms with Gasteiger partial charge < -0.3 is 10.3 Å². The number of hydrogen-bond acceptors (Lipinski definition) is 3. The molecule has 16 heavy (non-hydrogen) atoms. The van der Waals surface area contributed by atoms with Gasteiger partial charge >= 0.3 is 5.97 Å². The summed E-state index contributed by atoms with van der Waals surface area (Å²) in [7, 11) is 0. The molecular weight excluding hydrogens is 206 g/mol. The van der Waals surface area contributed by atoms with E-state index in [1.165, 1.54) is 32.1 Å². The monoisotopic (exact) mass is 229 g/mol. The number of carboxylic acid groups (broad SMARTS) is 1. The predicted molar refractivity (Wildman–Crippen MR) is 64.1 cm³/mol. The van der Waals surface area contributed by atoms with Gasteiger partial charge in [-0.05, 0) is 6.42 Å². The Hall–Kier alpha value is -1.06. The number of unbranched alkanes of at least 4 members (excludes halogenated alkanes) is 7. The lowest BCUT2D eigenvalue weighted by Crippen LogP contribution is -2.12. The standard InChI is InChI=1S/C12H23NO3/c1-2-3-4-5-6-7-8-9-10-11(13-16)12(14)15/h16H,2-10H2,1H3,(H,14,15). The number of carboxylic acids is 1. The highest BCUT2D eigenvalue weighted by atomic mass is 16.4. The van der Waals surface area contributed by atoms with Gasteiger partial charge in [0.2, 0.25) is 0 Å². The van der Waals surface area contributed by atoms with E-state index in [1.54, 1.807) is 0 Å². The number of rotatable bonds is 10. The highest BCUT2D eigenvalue weighted by Gasteiger charge is 2.08. The van der Waals surface area contributed by atoms with E-state index in [4.69, 9.17) is 10.3 Å². The summed E-state index contributed by atoms with van der Waals surface area (Å²) in [6, 6.07) is 0. The second kappa shape index (κ2) is 10.5. The maximum atomic E-state index is 10.5. The smallest absolute Gasteiger partial charge is 0.353 e. The Balaban J connectivity index is 3.30. The first kappa shape index (κ1) is 14.9. The Morgan fingerprint density at radius 2 is 1.50 bits per heavy atom. The molecule has 4 heteroatoms. The number of carbonyl (C=O) groups is 1. The summed E-state index contributed by atoms with van der Waals surface area (Å²) in [6.45, 7) is 2.20. The van der Waals surface area contributed by atoms with Crippen molar-refractivity contribution < 1.29 is 15.1 Å². The molecule has 0 spiro atoms. The van der Waals surface area contributed by atoms with Crippen molar-refractivity contribution in [1.82, 2.24) is 0 Å². The van der Waals surface area contributed by atoms with Crippen molar-refractivity contribution in [2.45, 2.75) is 64.7 Å². The van der Waals surface area contributed by atoms with Gasteiger partial charge in [-0.25, -0.2) is 4.79 Å². The zero-order valence-electron chi connectivity index (χ0n) is 10.1. The van der Waals surface area contributed by atoms with Gasteiger partial charge in [0, 0.05) is 6.42 Å². The Bertz CT molecular complexity index is 214. The Kier molecular flexibility index (Phi) is 9.76. The van der Waals surface area contributed by atoms with Crippen molar-refractivity contribution in [3.8, 4) is 0 Å². The topological polar surface area (TPSA) is 69.9 Å². The van der Waals surface area contributed by atoms with Crippen LogP contribution in [0.1, 0.15) is 64.7 Å². The maximum absolute atomic E-state index is 10.5. The van der Waals surface area contributed by atoms with Gasteiger partial charge in [-0.3, -0.25) is 0 Å². The average molecular weight is 229 g/mol. The molecule has 0 aromatic rings. The van der Waals surface area contributed by atoms with Crippen LogP contribution in [0.3, 0.4) is 0 Å². The van der Waals surface area contributed by atoms with Gasteiger partial charge in [0.05, 0.1) is 0 Å². The van der Waals surface area contributed by atoms with Crippen LogP contribution in [-0.2, 0) is 4.79 Å². The summed E-state index contributed by atoms with van der Waals surface area (Å²) in [6.07, 6.45) is 9.66. The molecular formula is C12H23NO3. The molecule has 0 amide bonds. The van der Waals surface area contributed by atoms with Crippen LogP contribution in [0, 0.1) is 0 Å². The zero-order valence-corrected chi connectivity index (χ0v) is 10.1. The number of nitrogens with zero attached hydrogens (tertiary/aromatic N) is 1. The summed E-state index contributed by atoms with van der Waals surface area (Å²) in [5.41, 5.74) is -0.133. The van der Waals surface area contributed by atoms with Crippen LogP contribution >= 0.6 is 0 Å². The fraction of sp³-hybridized carbons (Fsp3) is 0.833. The Morgan fingerprint density at radius 3 is 1.94 bits per heavy atom. The molecule has 0 aromatic heterocycles. The SMILES string of the molecule is CCCCCCCCCCC(=NO)C(=O)O. The Morgan fingerprint density at radius 1 is 1.00 bits per heavy atom. The van der Waals surface area contributed by atoms with Gasteiger partial charge in [-0.15, -0.1) is 0 Å². The number of aliphatic carboxylic acids is 1. The fourth-order valence-corrected chi connectivity index (χ4v) is 1.63. The number of hydrogen-bond donors (Lipinski definition) is 2. The van der Waals surface area contributed by atoms with Gasteiger partial charge in [-0.1, -0.05) is 57.0 Å². The van der Waals surface area contributed by atoms with Crippen LogP contribution in [-0.4, -0.2) is 22.0 Å². The molecule has 0 rings (SSSR count). The van der Waals surface area contributed by atoms with Crippen molar-refractivity contribution >= 4 is 11.7 Å². The molecule has 4 nitrogen and oxygen atoms in total. The zero-order chi connectivity index (χ0) is 12.2. The molecule has 0 aliphatic rings. The summed E-state index contributed by atoms with van der Waals surface area (Å²) in [4.78, 5) is 10.5. The van der Waals surface area contributed by atoms with E-state index in [9.17, 15) is 4.79 Å². The van der Waals surface area contributed by atoms with Crippen molar-refractivity contribution in [1.29, 1.82) is 0 Å². The second-order valence-electron chi connectivity index (χ2n) is 4.08. The minimum atomic E-state index is -1.12. The molecule has 2 N–H and O–H groups in total. The van der Waals surface area contributed by atoms with Crippen molar-refractivity contribution in [2.75, 3.05) is 0 Å². The number of oxime groups is 1. The summed E-state index contributed by atoms with van der Waals surface area (Å²) in [5, 5.41) is 19.7. The van der Waals surface area contributed by atoms with Gasteiger partial charge in [-0.2, -0.15) is 0 Å². The van der Waals surface area contributed by atoms with Crippen LogP contribution in [0.15, 0.2) is 5.16 Å². The molecule has 0 aliphatic carbocycles. The van der Waals surface area contributed by atoms with Crippen LogP contribution in [0.5, 0.6) is 0 Å². The molecule has 0 atom stereocenters. The van der Waals surface area contributed by atoms with E-state index in [1.807, 2.05) is 0 Å². The van der Waals surface area contributed by atoms with Crippen molar-refractivity contribution in [2.24, 2.45) is 5.16 Å². The van der Waals surface area contributed by atoms with E-state index in [0.717, 1.165) is 19.3 Å². The van der Waals surface area contributed by atoms with Crippen LogP contribution < -0.4 is 0 Å². The first-order valence-electron chi connectivity index (χ1n) is 6.16. The lowest BCUT2D eigenvalue weighted by molar-refractivity contribution is -0.129. The van der Waals surface area contributed by atoms with Crippen molar-refractivity contribution in [3.63, 3.8) is 0 Å². The molecule has 0 saturated heterocycles. The largest absolute Gasteiger partial charge is 0.477 e. The van der Waals surface area contributed by atoms with E-state index < -0.39 is 5.97 Å². The quantitative estimate of drug-likeness (QED) is 0.261. The molecule has 0 aromatic carbocycles. The predicted octanol–water partition coefficient (Wildman–Crippen LogP) is 3.43. The van der Waals surface area contributed by atoms with Crippen molar-refractivity contribution in [3.05, 3.63) is 0 Å². The minimum Gasteiger partial charge on any atom is -0.477 e. The maximum Gasteiger partial charge on any atom is 0.353 e. The first-order valence-corrected chi connectivity index (χ1v) is 6.16. The van der Waals surface area contributed by atoms with Crippen LogP contribution in [0.4, 0.5) is 0 Å². The molecule has 94 valence electrons. The summed E-state index contributed by atoms with van der Waals surface area (Å²) >= 11 is 0. The fourth-order valence-electron chi connectivity index (χ4n) is 1.63. The first-order chi connectivity index (χ1) is 7.72. The molecule has 0 unspecified atom stereocenters. The Labute approximate surface area is 97.4 Å². The third kappa shape index (κ3) is 8.26. The third-order valence-electron chi connectivity index (χ3n) is 2.63. The molecule has 0 heterocycles.